The van der Waals surface area contributed by atoms with E-state index in [2.05, 4.69) is 0 Å². The van der Waals surface area contributed by atoms with Crippen LogP contribution >= 0.6 is 0 Å². The minimum absolute atomic E-state index is 0.116. The van der Waals surface area contributed by atoms with Gasteiger partial charge in [0.25, 0.3) is 0 Å². The second-order valence-corrected chi connectivity index (χ2v) is 4.72. The molecule has 0 aromatic rings. The van der Waals surface area contributed by atoms with Gasteiger partial charge in [-0.1, -0.05) is 0 Å². The van der Waals surface area contributed by atoms with Crippen molar-refractivity contribution in [1.29, 1.82) is 5.41 Å². The van der Waals surface area contributed by atoms with Crippen LogP contribution in [0.1, 0.15) is 41.5 Å². The predicted octanol–water partition coefficient (Wildman–Crippen LogP) is 2.55. The molecule has 0 aliphatic rings. The third-order valence-electron chi connectivity index (χ3n) is 0.798. The van der Waals surface area contributed by atoms with Crippen molar-refractivity contribution in [2.45, 2.75) is 52.7 Å². The fourth-order valence-corrected chi connectivity index (χ4v) is 0.577. The molecule has 0 spiro atoms. The van der Waals surface area contributed by atoms with Crippen LogP contribution in [-0.4, -0.2) is 17.3 Å². The van der Waals surface area contributed by atoms with Gasteiger partial charge in [-0.3, -0.25) is 0 Å². The molecule has 3 nitrogen and oxygen atoms in total. The second-order valence-electron chi connectivity index (χ2n) is 4.72. The molecule has 0 saturated carbocycles. The van der Waals surface area contributed by atoms with Gasteiger partial charge in [0, 0.05) is 0 Å². The van der Waals surface area contributed by atoms with E-state index in [1.165, 1.54) is 0 Å². The summed E-state index contributed by atoms with van der Waals surface area (Å²) in [6.45, 7) is 11.3. The molecule has 0 unspecified atom stereocenters. The van der Waals surface area contributed by atoms with Gasteiger partial charge in [0.2, 0.25) is 0 Å². The molecule has 0 saturated heterocycles. The lowest BCUT2D eigenvalue weighted by atomic mass is 10.2. The summed E-state index contributed by atoms with van der Waals surface area (Å²) in [6.07, 6.45) is -0.116. The van der Waals surface area contributed by atoms with Crippen molar-refractivity contribution in [3.8, 4) is 0 Å². The summed E-state index contributed by atoms with van der Waals surface area (Å²) in [4.78, 5) is 0. The third-order valence-corrected chi connectivity index (χ3v) is 0.798. The van der Waals surface area contributed by atoms with Crippen LogP contribution in [0.5, 0.6) is 0 Å². The predicted molar refractivity (Wildman–Crippen MR) is 49.4 cm³/mol. The van der Waals surface area contributed by atoms with Crippen LogP contribution in [0.3, 0.4) is 0 Å². The summed E-state index contributed by atoms with van der Waals surface area (Å²) < 4.78 is 10.3. The minimum Gasteiger partial charge on any atom is -0.445 e. The zero-order valence-electron chi connectivity index (χ0n) is 8.82. The number of hydrogen-bond acceptors (Lipinski definition) is 3. The van der Waals surface area contributed by atoms with Crippen LogP contribution in [0, 0.1) is 5.41 Å². The molecular formula is C9H19NO2. The maximum Gasteiger partial charge on any atom is 0.381 e. The van der Waals surface area contributed by atoms with Crippen LogP contribution in [0.25, 0.3) is 0 Å². The summed E-state index contributed by atoms with van der Waals surface area (Å²) in [5.41, 5.74) is -0.718. The SMILES string of the molecule is CC(C)(C)OC(=N)OC(C)(C)C. The van der Waals surface area contributed by atoms with Crippen LogP contribution in [0.15, 0.2) is 0 Å². The molecule has 0 atom stereocenters. The standard InChI is InChI=1S/C9H19NO2/c1-8(2,3)11-7(10)12-9(4,5)6/h10H,1-6H3. The summed E-state index contributed by atoms with van der Waals surface area (Å²) in [5.74, 6) is 0. The average molecular weight is 173 g/mol. The Balaban J connectivity index is 3.92. The topological polar surface area (TPSA) is 42.3 Å². The average Bonchev–Trinajstić information content (AvgIpc) is 1.49. The van der Waals surface area contributed by atoms with Gasteiger partial charge in [-0.15, -0.1) is 0 Å². The van der Waals surface area contributed by atoms with Crippen LogP contribution < -0.4 is 0 Å². The van der Waals surface area contributed by atoms with Gasteiger partial charge in [0.1, 0.15) is 11.2 Å². The van der Waals surface area contributed by atoms with E-state index in [0.717, 1.165) is 0 Å². The molecular weight excluding hydrogens is 154 g/mol. The number of hydrogen-bond donors (Lipinski definition) is 1. The van der Waals surface area contributed by atoms with Crippen molar-refractivity contribution >= 4 is 6.08 Å². The summed E-state index contributed by atoms with van der Waals surface area (Å²) >= 11 is 0. The molecule has 0 fully saturated rings. The van der Waals surface area contributed by atoms with E-state index in [4.69, 9.17) is 14.9 Å². The first-order chi connectivity index (χ1) is 5.10. The van der Waals surface area contributed by atoms with Crippen LogP contribution in [-0.2, 0) is 9.47 Å². The second kappa shape index (κ2) is 3.33. The van der Waals surface area contributed by atoms with E-state index in [-0.39, 0.29) is 17.3 Å². The van der Waals surface area contributed by atoms with Crippen molar-refractivity contribution in [2.24, 2.45) is 0 Å². The Labute approximate surface area is 74.6 Å². The van der Waals surface area contributed by atoms with Crippen molar-refractivity contribution in [3.05, 3.63) is 0 Å². The van der Waals surface area contributed by atoms with Crippen molar-refractivity contribution in [2.75, 3.05) is 0 Å². The van der Waals surface area contributed by atoms with E-state index in [1.54, 1.807) is 0 Å². The van der Waals surface area contributed by atoms with E-state index in [9.17, 15) is 0 Å². The Kier molecular flexibility index (Phi) is 3.13. The molecule has 0 amide bonds. The molecule has 0 aliphatic carbocycles. The third kappa shape index (κ3) is 7.38. The molecule has 0 aromatic heterocycles. The largest absolute Gasteiger partial charge is 0.445 e. The quantitative estimate of drug-likeness (QED) is 0.452. The summed E-state index contributed by atoms with van der Waals surface area (Å²) in [7, 11) is 0. The molecule has 72 valence electrons. The monoisotopic (exact) mass is 173 g/mol. The van der Waals surface area contributed by atoms with Crippen molar-refractivity contribution in [3.63, 3.8) is 0 Å². The Morgan fingerprint density at radius 1 is 0.833 bits per heavy atom. The Morgan fingerprint density at radius 3 is 1.25 bits per heavy atom. The highest BCUT2D eigenvalue weighted by atomic mass is 16.7. The fraction of sp³-hybridized carbons (Fsp3) is 0.889. The number of ether oxygens (including phenoxy) is 2. The first kappa shape index (κ1) is 11.3. The highest BCUT2D eigenvalue weighted by Crippen LogP contribution is 2.12. The molecule has 0 aromatic carbocycles. The number of rotatable bonds is 0. The van der Waals surface area contributed by atoms with E-state index in [1.807, 2.05) is 41.5 Å². The van der Waals surface area contributed by atoms with Crippen molar-refractivity contribution < 1.29 is 9.47 Å². The highest BCUT2D eigenvalue weighted by molar-refractivity contribution is 5.63. The highest BCUT2D eigenvalue weighted by Gasteiger charge is 2.19. The molecule has 0 rings (SSSR count). The lowest BCUT2D eigenvalue weighted by Gasteiger charge is -2.26. The van der Waals surface area contributed by atoms with Gasteiger partial charge in [-0.2, -0.15) is 0 Å². The molecule has 1 N–H and O–H groups in total. The van der Waals surface area contributed by atoms with E-state index in [0.29, 0.717) is 0 Å². The van der Waals surface area contributed by atoms with Gasteiger partial charge in [0.15, 0.2) is 0 Å². The molecule has 12 heavy (non-hydrogen) atoms. The summed E-state index contributed by atoms with van der Waals surface area (Å²) in [6, 6.07) is 0. The van der Waals surface area contributed by atoms with Crippen LogP contribution in [0.4, 0.5) is 0 Å². The Hall–Kier alpha value is -0.730. The van der Waals surface area contributed by atoms with Gasteiger partial charge in [0.05, 0.1) is 0 Å². The molecule has 0 radical (unpaired) electrons. The normalized spacial score (nSPS) is 12.5. The first-order valence-corrected chi connectivity index (χ1v) is 4.07. The van der Waals surface area contributed by atoms with Gasteiger partial charge in [-0.25, -0.2) is 5.41 Å². The first-order valence-electron chi connectivity index (χ1n) is 4.07. The zero-order chi connectivity index (χ0) is 9.99. The number of nitrogens with one attached hydrogen (secondary N) is 1. The minimum atomic E-state index is -0.359. The zero-order valence-corrected chi connectivity index (χ0v) is 8.82. The van der Waals surface area contributed by atoms with Crippen LogP contribution in [0.2, 0.25) is 0 Å². The van der Waals surface area contributed by atoms with Gasteiger partial charge < -0.3 is 9.47 Å². The molecule has 0 bridgehead atoms. The lowest BCUT2D eigenvalue weighted by molar-refractivity contribution is 0.00717. The van der Waals surface area contributed by atoms with Gasteiger partial charge >= 0.3 is 6.08 Å². The Morgan fingerprint density at radius 2 is 1.08 bits per heavy atom. The molecule has 0 aliphatic heterocycles. The molecule has 3 heteroatoms. The van der Waals surface area contributed by atoms with Crippen molar-refractivity contribution in [1.82, 2.24) is 0 Å². The lowest BCUT2D eigenvalue weighted by Crippen LogP contribution is -2.31. The van der Waals surface area contributed by atoms with E-state index >= 15 is 0 Å². The maximum atomic E-state index is 7.36. The van der Waals surface area contributed by atoms with E-state index < -0.39 is 0 Å². The maximum absolute atomic E-state index is 7.36. The summed E-state index contributed by atoms with van der Waals surface area (Å²) in [5, 5.41) is 7.36. The Bertz CT molecular complexity index is 144. The fourth-order valence-electron chi connectivity index (χ4n) is 0.577. The smallest absolute Gasteiger partial charge is 0.381 e. The molecule has 0 heterocycles. The van der Waals surface area contributed by atoms with Gasteiger partial charge in [-0.05, 0) is 41.5 Å².